The van der Waals surface area contributed by atoms with Crippen LogP contribution in [0.1, 0.15) is 0 Å². The predicted molar refractivity (Wildman–Crippen MR) is 227 cm³/mol. The maximum Gasteiger partial charge on any atom is 0.164 e. The summed E-state index contributed by atoms with van der Waals surface area (Å²) in [5, 5.41) is 4.26. The summed E-state index contributed by atoms with van der Waals surface area (Å²) in [4.78, 5) is 15.3. The third-order valence-electron chi connectivity index (χ3n) is 10.5. The predicted octanol–water partition coefficient (Wildman–Crippen LogP) is 13.7. The Labute approximate surface area is 322 Å². The van der Waals surface area contributed by atoms with Crippen molar-refractivity contribution in [1.82, 2.24) is 15.0 Å². The zero-order chi connectivity index (χ0) is 37.0. The highest BCUT2D eigenvalue weighted by molar-refractivity contribution is 6.12. The smallest absolute Gasteiger partial charge is 0.164 e. The average Bonchev–Trinajstić information content (AvgIpc) is 3.85. The molecule has 8 aromatic carbocycles. The summed E-state index contributed by atoms with van der Waals surface area (Å²) in [6, 6.07) is 64.6. The van der Waals surface area contributed by atoms with E-state index in [1.807, 2.05) is 66.7 Å². The summed E-state index contributed by atoms with van der Waals surface area (Å²) in [7, 11) is 0. The number of para-hydroxylation sites is 2. The van der Waals surface area contributed by atoms with E-state index in [1.54, 1.807) is 0 Å². The van der Waals surface area contributed by atoms with E-state index >= 15 is 0 Å². The van der Waals surface area contributed by atoms with Gasteiger partial charge >= 0.3 is 0 Å². The lowest BCUT2D eigenvalue weighted by Gasteiger charge is -2.12. The molecule has 0 aliphatic rings. The molecule has 3 aromatic heterocycles. The number of hydrogen-bond donors (Lipinski definition) is 0. The van der Waals surface area contributed by atoms with E-state index in [-0.39, 0.29) is 0 Å². The van der Waals surface area contributed by atoms with Crippen molar-refractivity contribution in [3.63, 3.8) is 0 Å². The zero-order valence-electron chi connectivity index (χ0n) is 30.1. The Morgan fingerprint density at radius 3 is 1.52 bits per heavy atom. The van der Waals surface area contributed by atoms with Gasteiger partial charge in [-0.25, -0.2) is 15.0 Å². The van der Waals surface area contributed by atoms with Gasteiger partial charge in [0, 0.05) is 43.8 Å². The highest BCUT2D eigenvalue weighted by Crippen LogP contribution is 2.40. The topological polar surface area (TPSA) is 65.0 Å². The summed E-state index contributed by atoms with van der Waals surface area (Å²) >= 11 is 0. The van der Waals surface area contributed by atoms with Crippen LogP contribution in [0.4, 0.5) is 0 Å². The molecule has 11 rings (SSSR count). The summed E-state index contributed by atoms with van der Waals surface area (Å²) in [5.41, 5.74) is 12.5. The number of rotatable bonds is 6. The number of fused-ring (bicyclic) bond motifs is 6. The Morgan fingerprint density at radius 1 is 0.268 bits per heavy atom. The van der Waals surface area contributed by atoms with E-state index in [1.165, 1.54) is 0 Å². The van der Waals surface area contributed by atoms with Crippen LogP contribution < -0.4 is 0 Å². The van der Waals surface area contributed by atoms with Crippen molar-refractivity contribution >= 4 is 43.9 Å². The van der Waals surface area contributed by atoms with Crippen LogP contribution in [-0.2, 0) is 0 Å². The van der Waals surface area contributed by atoms with Gasteiger partial charge in [-0.05, 0) is 76.3 Å². The highest BCUT2D eigenvalue weighted by Gasteiger charge is 2.18. The van der Waals surface area contributed by atoms with Gasteiger partial charge < -0.3 is 8.83 Å². The Kier molecular flexibility index (Phi) is 7.42. The van der Waals surface area contributed by atoms with Crippen LogP contribution in [0.25, 0.3) is 111 Å². The molecule has 0 bridgehead atoms. The molecule has 262 valence electrons. The lowest BCUT2D eigenvalue weighted by atomic mass is 9.96. The van der Waals surface area contributed by atoms with E-state index in [0.29, 0.717) is 17.5 Å². The second-order valence-electron chi connectivity index (χ2n) is 14.0. The molecule has 0 radical (unpaired) electrons. The number of nitrogens with zero attached hydrogens (tertiary/aromatic N) is 3. The number of hydrogen-bond acceptors (Lipinski definition) is 5. The third kappa shape index (κ3) is 5.53. The molecule has 0 saturated heterocycles. The van der Waals surface area contributed by atoms with Gasteiger partial charge in [0.1, 0.15) is 22.3 Å². The maximum absolute atomic E-state index is 6.75. The fourth-order valence-electron chi connectivity index (χ4n) is 7.76. The fraction of sp³-hybridized carbons (Fsp3) is 0. The lowest BCUT2D eigenvalue weighted by molar-refractivity contribution is 0.668. The molecule has 3 heterocycles. The number of aromatic nitrogens is 3. The number of furan rings is 2. The molecule has 5 nitrogen and oxygen atoms in total. The summed E-state index contributed by atoms with van der Waals surface area (Å²) in [6.07, 6.45) is 0. The Hall–Kier alpha value is -7.63. The Balaban J connectivity index is 1.07. The summed E-state index contributed by atoms with van der Waals surface area (Å²) in [5.74, 6) is 1.77. The molecule has 11 aromatic rings. The SMILES string of the molecule is c1ccc(-c2cc(-c3ccccc3)cc(-c3nc(-c4ccccc4)nc(-c4ccc5c(c4)oc4c(-c6ccc7oc8ccccc8c7c6)cccc45)n3)c2)cc1. The van der Waals surface area contributed by atoms with Crippen molar-refractivity contribution in [2.75, 3.05) is 0 Å². The average molecular weight is 718 g/mol. The van der Waals surface area contributed by atoms with Crippen LogP contribution in [0, 0.1) is 0 Å². The fourth-order valence-corrected chi connectivity index (χ4v) is 7.76. The van der Waals surface area contributed by atoms with Gasteiger partial charge in [-0.2, -0.15) is 0 Å². The minimum absolute atomic E-state index is 0.570. The third-order valence-corrected chi connectivity index (χ3v) is 10.5. The van der Waals surface area contributed by atoms with Crippen LogP contribution in [0.15, 0.2) is 197 Å². The first-order chi connectivity index (χ1) is 27.7. The van der Waals surface area contributed by atoms with Crippen molar-refractivity contribution < 1.29 is 8.83 Å². The van der Waals surface area contributed by atoms with Gasteiger partial charge in [0.15, 0.2) is 17.5 Å². The van der Waals surface area contributed by atoms with Gasteiger partial charge in [-0.3, -0.25) is 0 Å². The Morgan fingerprint density at radius 2 is 0.804 bits per heavy atom. The van der Waals surface area contributed by atoms with Crippen LogP contribution in [-0.4, -0.2) is 15.0 Å². The van der Waals surface area contributed by atoms with E-state index < -0.39 is 0 Å². The second kappa shape index (κ2) is 13.0. The number of benzene rings is 8. The van der Waals surface area contributed by atoms with Gasteiger partial charge in [0.2, 0.25) is 0 Å². The monoisotopic (exact) mass is 717 g/mol. The van der Waals surface area contributed by atoms with Crippen molar-refractivity contribution in [2.24, 2.45) is 0 Å². The molecule has 0 atom stereocenters. The van der Waals surface area contributed by atoms with Gasteiger partial charge in [-0.15, -0.1) is 0 Å². The molecule has 5 heteroatoms. The largest absolute Gasteiger partial charge is 0.456 e. The lowest BCUT2D eigenvalue weighted by Crippen LogP contribution is -2.00. The van der Waals surface area contributed by atoms with Crippen molar-refractivity contribution in [3.8, 4) is 67.5 Å². The quantitative estimate of drug-likeness (QED) is 0.171. The van der Waals surface area contributed by atoms with E-state index in [4.69, 9.17) is 23.8 Å². The first-order valence-electron chi connectivity index (χ1n) is 18.7. The Bertz CT molecular complexity index is 3180. The minimum Gasteiger partial charge on any atom is -0.456 e. The molecule has 0 fully saturated rings. The normalized spacial score (nSPS) is 11.6. The highest BCUT2D eigenvalue weighted by atomic mass is 16.3. The van der Waals surface area contributed by atoms with Gasteiger partial charge in [0.05, 0.1) is 0 Å². The van der Waals surface area contributed by atoms with E-state index in [0.717, 1.165) is 93.9 Å². The van der Waals surface area contributed by atoms with E-state index in [9.17, 15) is 0 Å². The second-order valence-corrected chi connectivity index (χ2v) is 14.0. The molecular weight excluding hydrogens is 687 g/mol. The van der Waals surface area contributed by atoms with Gasteiger partial charge in [-0.1, -0.05) is 140 Å². The summed E-state index contributed by atoms with van der Waals surface area (Å²) < 4.78 is 12.9. The van der Waals surface area contributed by atoms with Crippen LogP contribution in [0.5, 0.6) is 0 Å². The molecular formula is C51H31N3O2. The van der Waals surface area contributed by atoms with E-state index in [2.05, 4.69) is 121 Å². The maximum atomic E-state index is 6.75. The first kappa shape index (κ1) is 31.9. The standard InChI is InChI=1S/C51H31N3O2/c1-4-13-32(14-5-1)37-27-38(33-15-6-2-7-16-33)29-39(28-37)51-53-49(34-17-8-3-9-18-34)52-50(54-51)36-23-25-42-43-21-12-20-40(48(43)56-47(42)31-36)35-24-26-46-44(30-35)41-19-10-11-22-45(41)55-46/h1-31H. The molecule has 0 amide bonds. The minimum atomic E-state index is 0.570. The summed E-state index contributed by atoms with van der Waals surface area (Å²) in [6.45, 7) is 0. The zero-order valence-corrected chi connectivity index (χ0v) is 30.1. The molecule has 0 N–H and O–H groups in total. The van der Waals surface area contributed by atoms with Crippen molar-refractivity contribution in [2.45, 2.75) is 0 Å². The molecule has 0 spiro atoms. The first-order valence-corrected chi connectivity index (χ1v) is 18.7. The van der Waals surface area contributed by atoms with Gasteiger partial charge in [0.25, 0.3) is 0 Å². The van der Waals surface area contributed by atoms with Crippen LogP contribution >= 0.6 is 0 Å². The van der Waals surface area contributed by atoms with Crippen LogP contribution in [0.2, 0.25) is 0 Å². The molecule has 56 heavy (non-hydrogen) atoms. The molecule has 0 saturated carbocycles. The molecule has 0 unspecified atom stereocenters. The molecule has 0 aliphatic carbocycles. The molecule has 0 aliphatic heterocycles. The van der Waals surface area contributed by atoms with Crippen LogP contribution in [0.3, 0.4) is 0 Å². The van der Waals surface area contributed by atoms with Crippen molar-refractivity contribution in [3.05, 3.63) is 188 Å². The van der Waals surface area contributed by atoms with Crippen molar-refractivity contribution in [1.29, 1.82) is 0 Å².